The smallest absolute Gasteiger partial charge is 0.274 e. The van der Waals surface area contributed by atoms with Crippen molar-refractivity contribution in [2.24, 2.45) is 0 Å². The molecule has 1 atom stereocenters. The number of piperidine rings is 1. The van der Waals surface area contributed by atoms with Crippen LogP contribution in [0, 0.1) is 6.92 Å². The van der Waals surface area contributed by atoms with E-state index in [1.165, 1.54) is 5.56 Å². The summed E-state index contributed by atoms with van der Waals surface area (Å²) in [7, 11) is 0. The molecular formula is C22H27N9O. The average molecular weight is 434 g/mol. The maximum absolute atomic E-state index is 13.0. The summed E-state index contributed by atoms with van der Waals surface area (Å²) in [6, 6.07) is 0. The van der Waals surface area contributed by atoms with E-state index in [2.05, 4.69) is 25.6 Å². The van der Waals surface area contributed by atoms with Gasteiger partial charge in [-0.1, -0.05) is 5.21 Å². The number of fused-ring (bicyclic) bond motifs is 2. The summed E-state index contributed by atoms with van der Waals surface area (Å²) in [5.74, 6) is 1.64. The predicted molar refractivity (Wildman–Crippen MR) is 117 cm³/mol. The number of anilines is 1. The van der Waals surface area contributed by atoms with Crippen LogP contribution in [0.3, 0.4) is 0 Å². The molecule has 0 aromatic carbocycles. The molecule has 1 aliphatic heterocycles. The van der Waals surface area contributed by atoms with E-state index in [1.807, 2.05) is 22.7 Å². The fourth-order valence-corrected chi connectivity index (χ4v) is 4.97. The highest BCUT2D eigenvalue weighted by Crippen LogP contribution is 2.46. The number of carbonyl (C=O) groups excluding carboxylic acids is 1. The third-order valence-electron chi connectivity index (χ3n) is 6.45. The van der Waals surface area contributed by atoms with Crippen molar-refractivity contribution in [1.82, 2.24) is 39.8 Å². The van der Waals surface area contributed by atoms with Gasteiger partial charge in [-0.25, -0.2) is 15.0 Å². The van der Waals surface area contributed by atoms with Crippen molar-refractivity contribution in [3.8, 4) is 0 Å². The molecule has 166 valence electrons. The molecule has 10 nitrogen and oxygen atoms in total. The van der Waals surface area contributed by atoms with E-state index in [0.29, 0.717) is 12.2 Å². The Bertz CT molecular complexity index is 1090. The minimum Gasteiger partial charge on any atom is -0.370 e. The quantitative estimate of drug-likeness (QED) is 0.585. The summed E-state index contributed by atoms with van der Waals surface area (Å²) in [5, 5.41) is 11.4. The molecule has 0 radical (unpaired) electrons. The SMILES string of the molecule is Cc1nc(NCCCn2ccnn2)c2c(n1)C1(CCCN(C(=O)c3cnccn3)C1)CC2. The van der Waals surface area contributed by atoms with Crippen LogP contribution in [-0.4, -0.2) is 65.4 Å². The van der Waals surface area contributed by atoms with Crippen LogP contribution in [0.25, 0.3) is 0 Å². The van der Waals surface area contributed by atoms with Crippen LogP contribution in [0.2, 0.25) is 0 Å². The molecule has 1 unspecified atom stereocenters. The summed E-state index contributed by atoms with van der Waals surface area (Å²) < 4.78 is 1.83. The standard InChI is InChI=1S/C22H27N9O/c1-16-27-19-17(20(28-16)25-7-3-12-31-13-10-26-29-31)4-6-22(19)5-2-11-30(15-22)21(32)18-14-23-8-9-24-18/h8-10,13-14H,2-7,11-12,15H2,1H3,(H,25,27,28). The van der Waals surface area contributed by atoms with Gasteiger partial charge in [-0.05, 0) is 39.0 Å². The largest absolute Gasteiger partial charge is 0.370 e. The molecule has 32 heavy (non-hydrogen) atoms. The van der Waals surface area contributed by atoms with Crippen molar-refractivity contribution >= 4 is 11.7 Å². The lowest BCUT2D eigenvalue weighted by Crippen LogP contribution is -2.48. The van der Waals surface area contributed by atoms with Crippen LogP contribution >= 0.6 is 0 Å². The van der Waals surface area contributed by atoms with Crippen LogP contribution in [0.1, 0.15) is 53.3 Å². The van der Waals surface area contributed by atoms with Gasteiger partial charge in [-0.3, -0.25) is 14.5 Å². The van der Waals surface area contributed by atoms with E-state index in [0.717, 1.165) is 69.1 Å². The van der Waals surface area contributed by atoms with E-state index in [1.54, 1.807) is 24.8 Å². The summed E-state index contributed by atoms with van der Waals surface area (Å²) in [4.78, 5) is 32.8. The van der Waals surface area contributed by atoms with E-state index >= 15 is 0 Å². The first-order valence-corrected chi connectivity index (χ1v) is 11.2. The molecule has 1 fully saturated rings. The molecule has 2 aliphatic rings. The Morgan fingerprint density at radius 3 is 2.97 bits per heavy atom. The molecule has 1 saturated heterocycles. The fourth-order valence-electron chi connectivity index (χ4n) is 4.97. The van der Waals surface area contributed by atoms with Gasteiger partial charge in [0, 0.05) is 55.7 Å². The number of hydrogen-bond acceptors (Lipinski definition) is 8. The first-order valence-electron chi connectivity index (χ1n) is 11.2. The Balaban J connectivity index is 1.33. The van der Waals surface area contributed by atoms with Crippen LogP contribution < -0.4 is 5.32 Å². The summed E-state index contributed by atoms with van der Waals surface area (Å²) in [5.41, 5.74) is 2.60. The molecule has 1 spiro atoms. The van der Waals surface area contributed by atoms with Crippen molar-refractivity contribution in [3.63, 3.8) is 0 Å². The third kappa shape index (κ3) is 3.92. The lowest BCUT2D eigenvalue weighted by Gasteiger charge is -2.40. The second kappa shape index (κ2) is 8.60. The molecule has 3 aromatic rings. The Morgan fingerprint density at radius 1 is 1.22 bits per heavy atom. The van der Waals surface area contributed by atoms with Gasteiger partial charge in [0.25, 0.3) is 5.91 Å². The second-order valence-corrected chi connectivity index (χ2v) is 8.59. The Kier molecular flexibility index (Phi) is 5.50. The molecule has 0 saturated carbocycles. The van der Waals surface area contributed by atoms with Gasteiger partial charge < -0.3 is 10.2 Å². The van der Waals surface area contributed by atoms with Gasteiger partial charge >= 0.3 is 0 Å². The molecule has 0 bridgehead atoms. The summed E-state index contributed by atoms with van der Waals surface area (Å²) in [6.07, 6.45) is 13.1. The number of nitrogens with zero attached hydrogens (tertiary/aromatic N) is 8. The van der Waals surface area contributed by atoms with Crippen molar-refractivity contribution in [2.75, 3.05) is 25.0 Å². The molecule has 1 N–H and O–H groups in total. The van der Waals surface area contributed by atoms with Crippen molar-refractivity contribution in [2.45, 2.75) is 51.0 Å². The van der Waals surface area contributed by atoms with Gasteiger partial charge in [0.15, 0.2) is 0 Å². The number of hydrogen-bond donors (Lipinski definition) is 1. The topological polar surface area (TPSA) is 115 Å². The summed E-state index contributed by atoms with van der Waals surface area (Å²) >= 11 is 0. The highest BCUT2D eigenvalue weighted by molar-refractivity contribution is 5.92. The third-order valence-corrected chi connectivity index (χ3v) is 6.45. The Hall–Kier alpha value is -3.43. The maximum atomic E-state index is 13.0. The van der Waals surface area contributed by atoms with E-state index in [4.69, 9.17) is 9.97 Å². The van der Waals surface area contributed by atoms with Gasteiger partial charge in [0.05, 0.1) is 18.1 Å². The van der Waals surface area contributed by atoms with E-state index in [9.17, 15) is 4.79 Å². The Morgan fingerprint density at radius 2 is 2.16 bits per heavy atom. The molecule has 1 aliphatic carbocycles. The van der Waals surface area contributed by atoms with Gasteiger partial charge in [0.2, 0.25) is 0 Å². The van der Waals surface area contributed by atoms with Gasteiger partial charge in [-0.15, -0.1) is 5.10 Å². The Labute approximate surface area is 186 Å². The molecule has 1 amide bonds. The van der Waals surface area contributed by atoms with Gasteiger partial charge in [0.1, 0.15) is 17.3 Å². The number of carbonyl (C=O) groups is 1. The summed E-state index contributed by atoms with van der Waals surface area (Å²) in [6.45, 7) is 4.95. The zero-order chi connectivity index (χ0) is 22.0. The molecule has 3 aromatic heterocycles. The predicted octanol–water partition coefficient (Wildman–Crippen LogP) is 1.79. The molecule has 4 heterocycles. The van der Waals surface area contributed by atoms with Crippen molar-refractivity contribution < 1.29 is 4.79 Å². The van der Waals surface area contributed by atoms with Crippen LogP contribution in [0.5, 0.6) is 0 Å². The monoisotopic (exact) mass is 433 g/mol. The van der Waals surface area contributed by atoms with Gasteiger partial charge in [-0.2, -0.15) is 0 Å². The molecule has 5 rings (SSSR count). The number of rotatable bonds is 6. The van der Waals surface area contributed by atoms with Crippen molar-refractivity contribution in [1.29, 1.82) is 0 Å². The fraction of sp³-hybridized carbons (Fsp3) is 0.500. The zero-order valence-corrected chi connectivity index (χ0v) is 18.2. The molecule has 10 heteroatoms. The second-order valence-electron chi connectivity index (χ2n) is 8.59. The lowest BCUT2D eigenvalue weighted by atomic mass is 9.77. The minimum atomic E-state index is -0.115. The van der Waals surface area contributed by atoms with Crippen LogP contribution in [0.4, 0.5) is 5.82 Å². The first-order chi connectivity index (χ1) is 15.6. The lowest BCUT2D eigenvalue weighted by molar-refractivity contribution is 0.0627. The number of nitrogens with one attached hydrogen (secondary N) is 1. The number of likely N-dealkylation sites (tertiary alicyclic amines) is 1. The number of aromatic nitrogens is 7. The van der Waals surface area contributed by atoms with E-state index < -0.39 is 0 Å². The van der Waals surface area contributed by atoms with Crippen LogP contribution in [-0.2, 0) is 18.4 Å². The average Bonchev–Trinajstić information content (AvgIpc) is 3.46. The van der Waals surface area contributed by atoms with Crippen LogP contribution in [0.15, 0.2) is 31.0 Å². The highest BCUT2D eigenvalue weighted by atomic mass is 16.2. The van der Waals surface area contributed by atoms with Crippen molar-refractivity contribution in [3.05, 3.63) is 53.8 Å². The number of amides is 1. The zero-order valence-electron chi connectivity index (χ0n) is 18.2. The minimum absolute atomic E-state index is 0.0529. The molecular weight excluding hydrogens is 406 g/mol. The first kappa shape index (κ1) is 20.5. The maximum Gasteiger partial charge on any atom is 0.274 e. The normalized spacial score (nSPS) is 19.8. The highest BCUT2D eigenvalue weighted by Gasteiger charge is 2.45. The van der Waals surface area contributed by atoms with E-state index in [-0.39, 0.29) is 11.3 Å². The number of aryl methyl sites for hydroxylation is 2.